The van der Waals surface area contributed by atoms with E-state index in [9.17, 15) is 14.7 Å². The number of imide groups is 1. The number of aliphatic hydroxyl groups excluding tert-OH is 1. The van der Waals surface area contributed by atoms with E-state index in [1.165, 1.54) is 4.90 Å². The van der Waals surface area contributed by atoms with Crippen molar-refractivity contribution in [3.05, 3.63) is 71.8 Å². The maximum Gasteiger partial charge on any atom is 0.416 e. The van der Waals surface area contributed by atoms with Gasteiger partial charge in [-0.25, -0.2) is 9.69 Å². The number of carbonyl (C=O) groups excluding carboxylic acids is 2. The molecule has 5 nitrogen and oxygen atoms in total. The highest BCUT2D eigenvalue weighted by Crippen LogP contribution is 2.30. The van der Waals surface area contributed by atoms with Gasteiger partial charge in [0.25, 0.3) is 0 Å². The summed E-state index contributed by atoms with van der Waals surface area (Å²) in [6, 6.07) is 18.4. The number of ether oxygens (including phenoxy) is 1. The van der Waals surface area contributed by atoms with E-state index in [2.05, 4.69) is 0 Å². The predicted molar refractivity (Wildman–Crippen MR) is 102 cm³/mol. The van der Waals surface area contributed by atoms with Gasteiger partial charge in [0.1, 0.15) is 6.61 Å². The molecule has 0 unspecified atom stereocenters. The molecule has 1 aliphatic rings. The van der Waals surface area contributed by atoms with Crippen LogP contribution < -0.4 is 0 Å². The van der Waals surface area contributed by atoms with E-state index in [0.717, 1.165) is 12.0 Å². The van der Waals surface area contributed by atoms with E-state index in [1.807, 2.05) is 55.5 Å². The van der Waals surface area contributed by atoms with E-state index in [1.54, 1.807) is 12.1 Å². The van der Waals surface area contributed by atoms with Crippen molar-refractivity contribution in [3.8, 4) is 0 Å². The zero-order valence-electron chi connectivity index (χ0n) is 15.5. The Labute approximate surface area is 159 Å². The van der Waals surface area contributed by atoms with E-state index in [4.69, 9.17) is 4.74 Å². The number of carbonyl (C=O) groups is 2. The lowest BCUT2D eigenvalue weighted by Crippen LogP contribution is -2.44. The molecule has 2 aromatic rings. The van der Waals surface area contributed by atoms with Gasteiger partial charge in [-0.3, -0.25) is 4.79 Å². The summed E-state index contributed by atoms with van der Waals surface area (Å²) >= 11 is 0. The molecule has 3 atom stereocenters. The first-order valence-electron chi connectivity index (χ1n) is 9.38. The maximum absolute atomic E-state index is 13.3. The summed E-state index contributed by atoms with van der Waals surface area (Å²) in [6.45, 7) is 2.23. The van der Waals surface area contributed by atoms with Gasteiger partial charge in [-0.2, -0.15) is 0 Å². The van der Waals surface area contributed by atoms with Crippen molar-refractivity contribution in [2.24, 2.45) is 5.92 Å². The standard InChI is InChI=1S/C22H25NO4/c1-2-9-18-15-27-22(26)23(18)21(25)19(14-16-10-5-3-6-11-16)20(24)17-12-7-4-8-13-17/h3-8,10-13,18-20,24H,2,9,14-15H2,1H3/t18-,19+,20+/m1/s1. The number of amides is 2. The number of hydrogen-bond donors (Lipinski definition) is 1. The zero-order valence-corrected chi connectivity index (χ0v) is 15.5. The summed E-state index contributed by atoms with van der Waals surface area (Å²) < 4.78 is 5.12. The minimum absolute atomic E-state index is 0.220. The quantitative estimate of drug-likeness (QED) is 0.810. The van der Waals surface area contributed by atoms with Gasteiger partial charge in [0.2, 0.25) is 5.91 Å². The van der Waals surface area contributed by atoms with Crippen LogP contribution in [-0.4, -0.2) is 34.7 Å². The first-order chi connectivity index (χ1) is 13.1. The van der Waals surface area contributed by atoms with E-state index >= 15 is 0 Å². The monoisotopic (exact) mass is 367 g/mol. The van der Waals surface area contributed by atoms with E-state index < -0.39 is 18.1 Å². The lowest BCUT2D eigenvalue weighted by Gasteiger charge is -2.28. The smallest absolute Gasteiger partial charge is 0.416 e. The topological polar surface area (TPSA) is 66.8 Å². The van der Waals surface area contributed by atoms with Gasteiger partial charge >= 0.3 is 6.09 Å². The molecule has 0 spiro atoms. The highest BCUT2D eigenvalue weighted by atomic mass is 16.6. The number of aliphatic hydroxyl groups is 1. The van der Waals surface area contributed by atoms with Crippen molar-refractivity contribution >= 4 is 12.0 Å². The average Bonchev–Trinajstić information content (AvgIpc) is 3.07. The Hall–Kier alpha value is -2.66. The minimum Gasteiger partial charge on any atom is -0.447 e. The maximum atomic E-state index is 13.3. The average molecular weight is 367 g/mol. The lowest BCUT2D eigenvalue weighted by atomic mass is 9.88. The van der Waals surface area contributed by atoms with Crippen molar-refractivity contribution in [2.45, 2.75) is 38.3 Å². The molecule has 0 aliphatic carbocycles. The fourth-order valence-corrected chi connectivity index (χ4v) is 3.54. The Morgan fingerprint density at radius 2 is 1.78 bits per heavy atom. The van der Waals surface area contributed by atoms with E-state index in [-0.39, 0.29) is 18.6 Å². The molecule has 1 aliphatic heterocycles. The third-order valence-electron chi connectivity index (χ3n) is 4.96. The molecule has 0 saturated carbocycles. The fraction of sp³-hybridized carbons (Fsp3) is 0.364. The molecular formula is C22H25NO4. The van der Waals surface area contributed by atoms with Crippen LogP contribution in [0.4, 0.5) is 4.79 Å². The Balaban J connectivity index is 1.90. The minimum atomic E-state index is -1.01. The molecule has 3 rings (SSSR count). The van der Waals surface area contributed by atoms with Crippen LogP contribution in [0.2, 0.25) is 0 Å². The molecule has 0 bridgehead atoms. The second-order valence-electron chi connectivity index (χ2n) is 6.88. The number of hydrogen-bond acceptors (Lipinski definition) is 4. The molecule has 1 fully saturated rings. The molecule has 1 heterocycles. The normalized spacial score (nSPS) is 18.8. The molecule has 1 N–H and O–H groups in total. The predicted octanol–water partition coefficient (Wildman–Crippen LogP) is 3.73. The van der Waals surface area contributed by atoms with Crippen LogP contribution in [0.1, 0.15) is 37.0 Å². The van der Waals surface area contributed by atoms with Gasteiger partial charge in [0.05, 0.1) is 18.1 Å². The molecule has 27 heavy (non-hydrogen) atoms. The summed E-state index contributed by atoms with van der Waals surface area (Å²) in [4.78, 5) is 26.8. The van der Waals surface area contributed by atoms with Crippen molar-refractivity contribution in [1.82, 2.24) is 4.90 Å². The molecule has 2 amide bonds. The summed E-state index contributed by atoms with van der Waals surface area (Å²) in [6.07, 6.45) is 0.261. The molecular weight excluding hydrogens is 342 g/mol. The number of nitrogens with zero attached hydrogens (tertiary/aromatic N) is 1. The van der Waals surface area contributed by atoms with Crippen LogP contribution in [-0.2, 0) is 16.0 Å². The number of benzene rings is 2. The Morgan fingerprint density at radius 3 is 2.41 bits per heavy atom. The van der Waals surface area contributed by atoms with Crippen molar-refractivity contribution in [3.63, 3.8) is 0 Å². The zero-order chi connectivity index (χ0) is 19.2. The third-order valence-corrected chi connectivity index (χ3v) is 4.96. The lowest BCUT2D eigenvalue weighted by molar-refractivity contribution is -0.137. The second kappa shape index (κ2) is 8.82. The van der Waals surface area contributed by atoms with Gasteiger partial charge in [-0.15, -0.1) is 0 Å². The van der Waals surface area contributed by atoms with Crippen molar-refractivity contribution < 1.29 is 19.4 Å². The van der Waals surface area contributed by atoms with Gasteiger partial charge in [-0.1, -0.05) is 74.0 Å². The molecule has 142 valence electrons. The van der Waals surface area contributed by atoms with Crippen LogP contribution in [0.15, 0.2) is 60.7 Å². The van der Waals surface area contributed by atoms with Crippen LogP contribution in [0.3, 0.4) is 0 Å². The van der Waals surface area contributed by atoms with Crippen LogP contribution in [0, 0.1) is 5.92 Å². The molecule has 1 saturated heterocycles. The number of rotatable bonds is 7. The summed E-state index contributed by atoms with van der Waals surface area (Å²) in [7, 11) is 0. The molecule has 0 radical (unpaired) electrons. The van der Waals surface area contributed by atoms with Gasteiger partial charge in [0.15, 0.2) is 0 Å². The largest absolute Gasteiger partial charge is 0.447 e. The summed E-state index contributed by atoms with van der Waals surface area (Å²) in [5.74, 6) is -1.14. The fourth-order valence-electron chi connectivity index (χ4n) is 3.54. The second-order valence-corrected chi connectivity index (χ2v) is 6.88. The Kier molecular flexibility index (Phi) is 6.24. The van der Waals surface area contributed by atoms with Crippen LogP contribution in [0.25, 0.3) is 0 Å². The van der Waals surface area contributed by atoms with Crippen LogP contribution >= 0.6 is 0 Å². The molecule has 5 heteroatoms. The molecule has 0 aromatic heterocycles. The summed E-state index contributed by atoms with van der Waals surface area (Å²) in [5.41, 5.74) is 1.59. The van der Waals surface area contributed by atoms with Crippen molar-refractivity contribution in [1.29, 1.82) is 0 Å². The first-order valence-corrected chi connectivity index (χ1v) is 9.38. The first kappa shape index (κ1) is 19.1. The van der Waals surface area contributed by atoms with Crippen LogP contribution in [0.5, 0.6) is 0 Å². The van der Waals surface area contributed by atoms with Gasteiger partial charge in [0, 0.05) is 0 Å². The summed E-state index contributed by atoms with van der Waals surface area (Å²) in [5, 5.41) is 11.0. The van der Waals surface area contributed by atoms with Gasteiger partial charge < -0.3 is 9.84 Å². The SMILES string of the molecule is CCC[C@@H]1COC(=O)N1C(=O)[C@@H](Cc1ccccc1)[C@@H](O)c1ccccc1. The third kappa shape index (κ3) is 4.37. The Morgan fingerprint density at radius 1 is 1.15 bits per heavy atom. The van der Waals surface area contributed by atoms with Crippen molar-refractivity contribution in [2.75, 3.05) is 6.61 Å². The highest BCUT2D eigenvalue weighted by molar-refractivity contribution is 5.95. The Bertz CT molecular complexity index is 762. The highest BCUT2D eigenvalue weighted by Gasteiger charge is 2.42. The van der Waals surface area contributed by atoms with E-state index in [0.29, 0.717) is 18.4 Å². The van der Waals surface area contributed by atoms with Gasteiger partial charge in [-0.05, 0) is 24.0 Å². The number of cyclic esters (lactones) is 1. The molecule has 2 aromatic carbocycles.